The zero-order valence-corrected chi connectivity index (χ0v) is 14.7. The van der Waals surface area contributed by atoms with Crippen molar-refractivity contribution in [2.45, 2.75) is 18.1 Å². The molecular weight excluding hydrogens is 336 g/mol. The second-order valence-corrected chi connectivity index (χ2v) is 6.91. The smallest absolute Gasteiger partial charge is 0.233 e. The maximum Gasteiger partial charge on any atom is 0.233 e. The topological polar surface area (TPSA) is 64.2 Å². The van der Waals surface area contributed by atoms with Crippen LogP contribution in [0, 0.1) is 0 Å². The van der Waals surface area contributed by atoms with Crippen LogP contribution in [-0.2, 0) is 24.8 Å². The Bertz CT molecular complexity index is 888. The Hall–Kier alpha value is -2.54. The summed E-state index contributed by atoms with van der Waals surface area (Å²) < 4.78 is 7.21. The van der Waals surface area contributed by atoms with Crippen molar-refractivity contribution in [3.63, 3.8) is 0 Å². The fourth-order valence-corrected chi connectivity index (χ4v) is 3.80. The van der Waals surface area contributed by atoms with Crippen LogP contribution in [0.4, 0.5) is 0 Å². The van der Waals surface area contributed by atoms with Gasteiger partial charge in [0.15, 0.2) is 16.7 Å². The largest absolute Gasteiger partial charge is 0.461 e. The van der Waals surface area contributed by atoms with Crippen LogP contribution >= 0.6 is 11.8 Å². The second-order valence-electron chi connectivity index (χ2n) is 5.97. The van der Waals surface area contributed by atoms with Crippen molar-refractivity contribution in [1.82, 2.24) is 19.7 Å². The predicted octanol–water partition coefficient (Wildman–Crippen LogP) is 2.75. The van der Waals surface area contributed by atoms with Crippen LogP contribution in [0.1, 0.15) is 11.1 Å². The van der Waals surface area contributed by atoms with Crippen LogP contribution < -0.4 is 0 Å². The van der Waals surface area contributed by atoms with Gasteiger partial charge in [0.25, 0.3) is 0 Å². The summed E-state index contributed by atoms with van der Waals surface area (Å²) >= 11 is 1.40. The number of thioether (sulfide) groups is 1. The van der Waals surface area contributed by atoms with Gasteiger partial charge in [0, 0.05) is 20.1 Å². The van der Waals surface area contributed by atoms with E-state index in [1.807, 2.05) is 34.7 Å². The van der Waals surface area contributed by atoms with Gasteiger partial charge in [-0.25, -0.2) is 0 Å². The van der Waals surface area contributed by atoms with Crippen molar-refractivity contribution in [3.8, 4) is 11.6 Å². The number of aromatic nitrogens is 3. The number of carbonyl (C=O) groups excluding carboxylic acids is 1. The molecule has 0 saturated carbocycles. The van der Waals surface area contributed by atoms with Crippen LogP contribution in [0.25, 0.3) is 11.6 Å². The highest BCUT2D eigenvalue weighted by Gasteiger charge is 2.21. The van der Waals surface area contributed by atoms with E-state index in [0.717, 1.165) is 13.0 Å². The molecule has 4 rings (SSSR count). The average Bonchev–Trinajstić information content (AvgIpc) is 3.29. The fraction of sp³-hybridized carbons (Fsp3) is 0.278. The number of benzene rings is 1. The summed E-state index contributed by atoms with van der Waals surface area (Å²) in [6.07, 6.45) is 2.52. The molecule has 1 aliphatic rings. The second kappa shape index (κ2) is 6.76. The number of amides is 1. The highest BCUT2D eigenvalue weighted by Crippen LogP contribution is 2.24. The first-order chi connectivity index (χ1) is 12.2. The number of hydrogen-bond acceptors (Lipinski definition) is 5. The Morgan fingerprint density at radius 2 is 2.04 bits per heavy atom. The fourth-order valence-electron chi connectivity index (χ4n) is 2.99. The highest BCUT2D eigenvalue weighted by atomic mass is 32.2. The lowest BCUT2D eigenvalue weighted by molar-refractivity contribution is -0.129. The molecule has 0 spiro atoms. The van der Waals surface area contributed by atoms with Crippen LogP contribution in [0.5, 0.6) is 0 Å². The summed E-state index contributed by atoms with van der Waals surface area (Å²) in [4.78, 5) is 14.5. The Morgan fingerprint density at radius 1 is 1.20 bits per heavy atom. The minimum Gasteiger partial charge on any atom is -0.461 e. The first-order valence-corrected chi connectivity index (χ1v) is 9.11. The van der Waals surface area contributed by atoms with Gasteiger partial charge < -0.3 is 13.9 Å². The zero-order chi connectivity index (χ0) is 17.2. The molecule has 1 amide bonds. The normalized spacial score (nSPS) is 13.7. The molecule has 0 radical (unpaired) electrons. The van der Waals surface area contributed by atoms with Crippen LogP contribution in [0.15, 0.2) is 52.2 Å². The lowest BCUT2D eigenvalue weighted by Crippen LogP contribution is -2.37. The standard InChI is InChI=1S/C18H18N4O2S/c1-21-17(15-7-4-10-24-15)19-20-18(21)25-12-16(23)22-9-8-13-5-2-3-6-14(13)11-22/h2-7,10H,8-9,11-12H2,1H3. The Kier molecular flexibility index (Phi) is 4.31. The van der Waals surface area contributed by atoms with Crippen LogP contribution in [0.3, 0.4) is 0 Å². The van der Waals surface area contributed by atoms with Crippen molar-refractivity contribution < 1.29 is 9.21 Å². The number of carbonyl (C=O) groups is 1. The summed E-state index contributed by atoms with van der Waals surface area (Å²) in [7, 11) is 1.88. The molecule has 1 aromatic carbocycles. The van der Waals surface area contributed by atoms with Gasteiger partial charge in [-0.1, -0.05) is 36.0 Å². The van der Waals surface area contributed by atoms with E-state index in [4.69, 9.17) is 4.42 Å². The highest BCUT2D eigenvalue weighted by molar-refractivity contribution is 7.99. The first kappa shape index (κ1) is 16.0. The van der Waals surface area contributed by atoms with Gasteiger partial charge >= 0.3 is 0 Å². The van der Waals surface area contributed by atoms with Gasteiger partial charge in [-0.2, -0.15) is 0 Å². The molecule has 0 unspecified atom stereocenters. The minimum absolute atomic E-state index is 0.127. The van der Waals surface area contributed by atoms with Gasteiger partial charge in [-0.05, 0) is 29.7 Å². The molecule has 3 aromatic rings. The summed E-state index contributed by atoms with van der Waals surface area (Å²) in [5.74, 6) is 1.81. The van der Waals surface area contributed by atoms with Crippen molar-refractivity contribution in [2.24, 2.45) is 7.05 Å². The molecule has 0 saturated heterocycles. The summed E-state index contributed by atoms with van der Waals surface area (Å²) in [6, 6.07) is 12.0. The van der Waals surface area contributed by atoms with E-state index >= 15 is 0 Å². The maximum absolute atomic E-state index is 12.6. The molecule has 0 fully saturated rings. The molecule has 6 nitrogen and oxygen atoms in total. The first-order valence-electron chi connectivity index (χ1n) is 8.13. The van der Waals surface area contributed by atoms with Gasteiger partial charge in [-0.15, -0.1) is 10.2 Å². The van der Waals surface area contributed by atoms with Crippen molar-refractivity contribution >= 4 is 17.7 Å². The van der Waals surface area contributed by atoms with Gasteiger partial charge in [0.05, 0.1) is 12.0 Å². The molecular formula is C18H18N4O2S. The third-order valence-electron chi connectivity index (χ3n) is 4.38. The molecule has 3 heterocycles. The lowest BCUT2D eigenvalue weighted by Gasteiger charge is -2.28. The van der Waals surface area contributed by atoms with E-state index in [2.05, 4.69) is 28.4 Å². The molecule has 1 aliphatic heterocycles. The Balaban J connectivity index is 1.40. The predicted molar refractivity (Wildman–Crippen MR) is 95.0 cm³/mol. The van der Waals surface area contributed by atoms with E-state index in [1.165, 1.54) is 22.9 Å². The monoisotopic (exact) mass is 354 g/mol. The minimum atomic E-state index is 0.127. The van der Waals surface area contributed by atoms with E-state index in [0.29, 0.717) is 29.0 Å². The number of nitrogens with zero attached hydrogens (tertiary/aromatic N) is 4. The summed E-state index contributed by atoms with van der Waals surface area (Å²) in [6.45, 7) is 1.46. The quantitative estimate of drug-likeness (QED) is 0.674. The molecule has 0 N–H and O–H groups in total. The third kappa shape index (κ3) is 3.19. The molecule has 0 bridgehead atoms. The summed E-state index contributed by atoms with van der Waals surface area (Å²) in [5, 5.41) is 9.03. The van der Waals surface area contributed by atoms with Gasteiger partial charge in [-0.3, -0.25) is 4.79 Å². The summed E-state index contributed by atoms with van der Waals surface area (Å²) in [5.41, 5.74) is 2.58. The maximum atomic E-state index is 12.6. The van der Waals surface area contributed by atoms with Crippen molar-refractivity contribution in [1.29, 1.82) is 0 Å². The van der Waals surface area contributed by atoms with E-state index in [9.17, 15) is 4.79 Å². The van der Waals surface area contributed by atoms with Crippen molar-refractivity contribution in [2.75, 3.05) is 12.3 Å². The average molecular weight is 354 g/mol. The van der Waals surface area contributed by atoms with E-state index in [1.54, 1.807) is 6.26 Å². The number of hydrogen-bond donors (Lipinski definition) is 0. The van der Waals surface area contributed by atoms with Gasteiger partial charge in [0.1, 0.15) is 0 Å². The zero-order valence-electron chi connectivity index (χ0n) is 13.9. The number of furan rings is 1. The molecule has 25 heavy (non-hydrogen) atoms. The third-order valence-corrected chi connectivity index (χ3v) is 5.39. The molecule has 128 valence electrons. The van der Waals surface area contributed by atoms with Gasteiger partial charge in [0.2, 0.25) is 5.91 Å². The number of rotatable bonds is 4. The van der Waals surface area contributed by atoms with E-state index < -0.39 is 0 Å². The lowest BCUT2D eigenvalue weighted by atomic mass is 10.00. The van der Waals surface area contributed by atoms with Crippen LogP contribution in [0.2, 0.25) is 0 Å². The van der Waals surface area contributed by atoms with Crippen LogP contribution in [-0.4, -0.2) is 37.9 Å². The molecule has 0 aliphatic carbocycles. The molecule has 2 aromatic heterocycles. The molecule has 7 heteroatoms. The van der Waals surface area contributed by atoms with Crippen molar-refractivity contribution in [3.05, 3.63) is 53.8 Å². The Morgan fingerprint density at radius 3 is 2.84 bits per heavy atom. The number of fused-ring (bicyclic) bond motifs is 1. The van der Waals surface area contributed by atoms with E-state index in [-0.39, 0.29) is 5.91 Å². The molecule has 0 atom stereocenters. The SMILES string of the molecule is Cn1c(SCC(=O)N2CCc3ccccc3C2)nnc1-c1ccco1. The Labute approximate surface area is 149 Å².